The number of nitrogens with one attached hydrogen (secondary N) is 1. The lowest BCUT2D eigenvalue weighted by atomic mass is 9.82. The molecule has 0 aromatic heterocycles. The lowest BCUT2D eigenvalue weighted by Gasteiger charge is -2.37. The summed E-state index contributed by atoms with van der Waals surface area (Å²) < 4.78 is 0. The second kappa shape index (κ2) is 5.44. The Hall–Kier alpha value is -0.650. The minimum Gasteiger partial charge on any atom is -0.480 e. The molecule has 1 unspecified atom stereocenters. The van der Waals surface area contributed by atoms with Crippen LogP contribution in [0.1, 0.15) is 32.1 Å². The first-order valence-corrected chi connectivity index (χ1v) is 5.44. The predicted molar refractivity (Wildman–Crippen MR) is 56.5 cm³/mol. The first kappa shape index (κ1) is 12.4. The van der Waals surface area contributed by atoms with Gasteiger partial charge in [0, 0.05) is 12.1 Å². The number of hydrogen-bond donors (Lipinski definition) is 4. The molecule has 0 amide bonds. The van der Waals surface area contributed by atoms with Gasteiger partial charge in [0.05, 0.1) is 6.61 Å². The summed E-state index contributed by atoms with van der Waals surface area (Å²) in [6, 6.07) is -0.893. The van der Waals surface area contributed by atoms with E-state index in [-0.39, 0.29) is 18.7 Å². The molecule has 1 atom stereocenters. The molecule has 0 bridgehead atoms. The van der Waals surface area contributed by atoms with E-state index in [0.717, 1.165) is 25.7 Å². The van der Waals surface area contributed by atoms with Crippen LogP contribution in [0.5, 0.6) is 0 Å². The molecule has 1 aliphatic carbocycles. The largest absolute Gasteiger partial charge is 0.480 e. The van der Waals surface area contributed by atoms with Gasteiger partial charge in [-0.25, -0.2) is 0 Å². The fourth-order valence-corrected chi connectivity index (χ4v) is 2.03. The molecule has 0 aliphatic heterocycles. The van der Waals surface area contributed by atoms with E-state index in [2.05, 4.69) is 5.32 Å². The van der Waals surface area contributed by atoms with Gasteiger partial charge in [-0.05, 0) is 12.8 Å². The van der Waals surface area contributed by atoms with Gasteiger partial charge in [-0.15, -0.1) is 0 Å². The Morgan fingerprint density at radius 2 is 2.00 bits per heavy atom. The minimum atomic E-state index is -1.01. The summed E-state index contributed by atoms with van der Waals surface area (Å²) in [6.07, 6.45) is 5.14. The normalized spacial score (nSPS) is 22.3. The first-order chi connectivity index (χ1) is 7.09. The van der Waals surface area contributed by atoms with Gasteiger partial charge in [0.25, 0.3) is 0 Å². The predicted octanol–water partition coefficient (Wildman–Crippen LogP) is -0.317. The van der Waals surface area contributed by atoms with E-state index in [1.807, 2.05) is 0 Å². The number of aliphatic hydroxyl groups excluding tert-OH is 1. The third kappa shape index (κ3) is 3.44. The van der Waals surface area contributed by atoms with E-state index in [0.29, 0.717) is 0 Å². The number of hydrogen-bond acceptors (Lipinski definition) is 4. The van der Waals surface area contributed by atoms with Crippen LogP contribution < -0.4 is 11.1 Å². The summed E-state index contributed by atoms with van der Waals surface area (Å²) in [7, 11) is 0. The van der Waals surface area contributed by atoms with Gasteiger partial charge in [-0.2, -0.15) is 0 Å². The van der Waals surface area contributed by atoms with E-state index in [1.54, 1.807) is 0 Å². The highest BCUT2D eigenvalue weighted by atomic mass is 16.4. The third-order valence-electron chi connectivity index (χ3n) is 3.13. The number of carbonyl (C=O) groups is 1. The van der Waals surface area contributed by atoms with Gasteiger partial charge in [-0.3, -0.25) is 4.79 Å². The van der Waals surface area contributed by atoms with Gasteiger partial charge < -0.3 is 21.3 Å². The van der Waals surface area contributed by atoms with E-state index in [9.17, 15) is 9.90 Å². The monoisotopic (exact) mass is 216 g/mol. The summed E-state index contributed by atoms with van der Waals surface area (Å²) in [5, 5.41) is 21.1. The maximum Gasteiger partial charge on any atom is 0.321 e. The van der Waals surface area contributed by atoms with Crippen molar-refractivity contribution >= 4 is 5.97 Å². The Balaban J connectivity index is 2.42. The summed E-state index contributed by atoms with van der Waals surface area (Å²) in [5.74, 6) is -1.01. The van der Waals surface area contributed by atoms with E-state index in [4.69, 9.17) is 10.8 Å². The maximum absolute atomic E-state index is 10.5. The smallest absolute Gasteiger partial charge is 0.321 e. The maximum atomic E-state index is 10.5. The van der Waals surface area contributed by atoms with Gasteiger partial charge in [0.2, 0.25) is 0 Å². The molecule has 5 N–H and O–H groups in total. The molecule has 0 aromatic rings. The van der Waals surface area contributed by atoms with Crippen LogP contribution in [-0.4, -0.2) is 40.9 Å². The SMILES string of the molecule is NC(CNC1(CO)CCCCC1)C(=O)O. The molecule has 88 valence electrons. The molecular weight excluding hydrogens is 196 g/mol. The van der Waals surface area contributed by atoms with Gasteiger partial charge >= 0.3 is 5.97 Å². The standard InChI is InChI=1S/C10H20N2O3/c11-8(9(14)15)6-12-10(7-13)4-2-1-3-5-10/h8,12-13H,1-7,11H2,(H,14,15). The summed E-state index contributed by atoms with van der Waals surface area (Å²) in [4.78, 5) is 10.5. The first-order valence-electron chi connectivity index (χ1n) is 5.44. The lowest BCUT2D eigenvalue weighted by molar-refractivity contribution is -0.138. The van der Waals surface area contributed by atoms with Crippen LogP contribution in [0.4, 0.5) is 0 Å². The zero-order valence-electron chi connectivity index (χ0n) is 8.91. The molecule has 5 nitrogen and oxygen atoms in total. The molecule has 0 spiro atoms. The van der Waals surface area contributed by atoms with Crippen molar-refractivity contribution in [3.8, 4) is 0 Å². The van der Waals surface area contributed by atoms with Crippen LogP contribution in [-0.2, 0) is 4.79 Å². The minimum absolute atomic E-state index is 0.0549. The van der Waals surface area contributed by atoms with Gasteiger partial charge in [0.1, 0.15) is 6.04 Å². The highest BCUT2D eigenvalue weighted by Gasteiger charge is 2.31. The number of carboxylic acid groups (broad SMARTS) is 1. The van der Waals surface area contributed by atoms with Crippen molar-refractivity contribution < 1.29 is 15.0 Å². The average Bonchev–Trinajstić information content (AvgIpc) is 2.27. The molecule has 5 heteroatoms. The lowest BCUT2D eigenvalue weighted by Crippen LogP contribution is -2.54. The molecule has 0 heterocycles. The molecule has 1 fully saturated rings. The van der Waals surface area contributed by atoms with Crippen LogP contribution in [0.2, 0.25) is 0 Å². The fraction of sp³-hybridized carbons (Fsp3) is 0.900. The number of rotatable bonds is 5. The Morgan fingerprint density at radius 1 is 1.40 bits per heavy atom. The zero-order valence-corrected chi connectivity index (χ0v) is 8.91. The summed E-state index contributed by atoms with van der Waals surface area (Å²) in [5.41, 5.74) is 5.10. The van der Waals surface area contributed by atoms with Crippen LogP contribution in [0.3, 0.4) is 0 Å². The average molecular weight is 216 g/mol. The fourth-order valence-electron chi connectivity index (χ4n) is 2.03. The number of aliphatic hydroxyl groups is 1. The second-order valence-corrected chi connectivity index (χ2v) is 4.32. The van der Waals surface area contributed by atoms with Crippen molar-refractivity contribution in [1.82, 2.24) is 5.32 Å². The quantitative estimate of drug-likeness (QED) is 0.505. The molecule has 0 saturated heterocycles. The number of nitrogens with two attached hydrogens (primary N) is 1. The van der Waals surface area contributed by atoms with E-state index < -0.39 is 12.0 Å². The highest BCUT2D eigenvalue weighted by Crippen LogP contribution is 2.27. The number of aliphatic carboxylic acids is 1. The van der Waals surface area contributed by atoms with Gasteiger partial charge in [0.15, 0.2) is 0 Å². The van der Waals surface area contributed by atoms with Crippen LogP contribution in [0.15, 0.2) is 0 Å². The Bertz CT molecular complexity index is 215. The Kier molecular flexibility index (Phi) is 4.50. The van der Waals surface area contributed by atoms with Crippen molar-refractivity contribution in [3.63, 3.8) is 0 Å². The van der Waals surface area contributed by atoms with Crippen molar-refractivity contribution in [2.24, 2.45) is 5.73 Å². The van der Waals surface area contributed by atoms with E-state index >= 15 is 0 Å². The zero-order chi connectivity index (χ0) is 11.3. The summed E-state index contributed by atoms with van der Waals surface area (Å²) in [6.45, 7) is 0.273. The van der Waals surface area contributed by atoms with Crippen molar-refractivity contribution in [2.45, 2.75) is 43.7 Å². The molecule has 1 rings (SSSR count). The molecular formula is C10H20N2O3. The highest BCUT2D eigenvalue weighted by molar-refractivity contribution is 5.73. The molecule has 1 aliphatic rings. The molecule has 0 aromatic carbocycles. The van der Waals surface area contributed by atoms with Crippen molar-refractivity contribution in [1.29, 1.82) is 0 Å². The van der Waals surface area contributed by atoms with Crippen molar-refractivity contribution in [2.75, 3.05) is 13.2 Å². The van der Waals surface area contributed by atoms with Crippen LogP contribution >= 0.6 is 0 Å². The van der Waals surface area contributed by atoms with Gasteiger partial charge in [-0.1, -0.05) is 19.3 Å². The van der Waals surface area contributed by atoms with Crippen molar-refractivity contribution in [3.05, 3.63) is 0 Å². The van der Waals surface area contributed by atoms with Crippen LogP contribution in [0.25, 0.3) is 0 Å². The number of carboxylic acids is 1. The molecule has 0 radical (unpaired) electrons. The molecule has 1 saturated carbocycles. The third-order valence-corrected chi connectivity index (χ3v) is 3.13. The Morgan fingerprint density at radius 3 is 2.47 bits per heavy atom. The second-order valence-electron chi connectivity index (χ2n) is 4.32. The topological polar surface area (TPSA) is 95.6 Å². The Labute approximate surface area is 89.7 Å². The van der Waals surface area contributed by atoms with Crippen LogP contribution in [0, 0.1) is 0 Å². The molecule has 15 heavy (non-hydrogen) atoms. The van der Waals surface area contributed by atoms with E-state index in [1.165, 1.54) is 6.42 Å². The summed E-state index contributed by atoms with van der Waals surface area (Å²) >= 11 is 0.